The predicted octanol–water partition coefficient (Wildman–Crippen LogP) is 4.57. The van der Waals surface area contributed by atoms with Gasteiger partial charge in [-0.15, -0.1) is 0 Å². The number of rotatable bonds is 6. The van der Waals surface area contributed by atoms with Crippen LogP contribution in [0, 0.1) is 11.3 Å². The molecular formula is C26H28N6. The van der Waals surface area contributed by atoms with E-state index < -0.39 is 0 Å². The summed E-state index contributed by atoms with van der Waals surface area (Å²) in [6.07, 6.45) is 10.1. The van der Waals surface area contributed by atoms with E-state index in [1.54, 1.807) is 0 Å². The summed E-state index contributed by atoms with van der Waals surface area (Å²) in [5.74, 6) is 2.48. The molecule has 0 bridgehead atoms. The minimum atomic E-state index is 0.678. The van der Waals surface area contributed by atoms with E-state index in [-0.39, 0.29) is 0 Å². The number of hydrogen-bond acceptors (Lipinski definition) is 5. The first-order valence-corrected chi connectivity index (χ1v) is 11.6. The van der Waals surface area contributed by atoms with Gasteiger partial charge < -0.3 is 21.0 Å². The quantitative estimate of drug-likeness (QED) is 0.506. The Hall–Kier alpha value is -3.41. The summed E-state index contributed by atoms with van der Waals surface area (Å²) in [4.78, 5) is 9.61. The lowest BCUT2D eigenvalue weighted by molar-refractivity contribution is 0.645. The van der Waals surface area contributed by atoms with E-state index in [4.69, 9.17) is 16.1 Å². The second-order valence-corrected chi connectivity index (χ2v) is 9.27. The standard InChI is InChI=1S/C26H28N6/c27-13-21(15-29-14-16-4-5-16)20-9-18-3-1-2-8-32-25(18)23(11-20)31-26(32)19-7-6-17-12-24(28)30-22(17)10-19/h6-7,9-11,13,15-16,27,29H,1-5,8,12,14H2,(H2,28,30)/b21-15+,27-13?. The normalized spacial score (nSPS) is 17.8. The van der Waals surface area contributed by atoms with Crippen molar-refractivity contribution in [3.05, 3.63) is 53.2 Å². The Kier molecular flexibility index (Phi) is 4.59. The van der Waals surface area contributed by atoms with Crippen molar-refractivity contribution in [1.29, 1.82) is 5.41 Å². The lowest BCUT2D eigenvalue weighted by Gasteiger charge is -2.10. The zero-order chi connectivity index (χ0) is 21.7. The Balaban J connectivity index is 1.45. The van der Waals surface area contributed by atoms with Crippen LogP contribution < -0.4 is 11.1 Å². The van der Waals surface area contributed by atoms with Crippen LogP contribution in [0.5, 0.6) is 0 Å². The van der Waals surface area contributed by atoms with Crippen molar-refractivity contribution in [2.45, 2.75) is 45.1 Å². The highest BCUT2D eigenvalue weighted by molar-refractivity contribution is 6.09. The van der Waals surface area contributed by atoms with Gasteiger partial charge >= 0.3 is 0 Å². The number of hydrogen-bond donors (Lipinski definition) is 3. The van der Waals surface area contributed by atoms with Gasteiger partial charge in [0.15, 0.2) is 0 Å². The first kappa shape index (κ1) is 19.3. The Morgan fingerprint density at radius 1 is 1.19 bits per heavy atom. The molecule has 0 spiro atoms. The second kappa shape index (κ2) is 7.62. The summed E-state index contributed by atoms with van der Waals surface area (Å²) in [7, 11) is 0. The molecule has 0 saturated heterocycles. The molecule has 4 N–H and O–H groups in total. The van der Waals surface area contributed by atoms with Gasteiger partial charge in [-0.25, -0.2) is 9.98 Å². The minimum absolute atomic E-state index is 0.678. The number of aryl methyl sites for hydroxylation is 2. The Bertz CT molecular complexity index is 1290. The third-order valence-corrected chi connectivity index (χ3v) is 6.83. The van der Waals surface area contributed by atoms with Crippen molar-refractivity contribution in [2.75, 3.05) is 6.54 Å². The number of benzene rings is 2. The molecule has 1 saturated carbocycles. The lowest BCUT2D eigenvalue weighted by atomic mass is 10.0. The van der Waals surface area contributed by atoms with Gasteiger partial charge in [0.1, 0.15) is 11.7 Å². The summed E-state index contributed by atoms with van der Waals surface area (Å²) in [6.45, 7) is 1.97. The molecule has 6 rings (SSSR count). The number of allylic oxidation sites excluding steroid dienone is 1. The van der Waals surface area contributed by atoms with Crippen molar-refractivity contribution in [2.24, 2.45) is 16.6 Å². The number of aliphatic imine (C=N–C) groups is 1. The van der Waals surface area contributed by atoms with E-state index in [0.29, 0.717) is 5.84 Å². The number of nitrogens with two attached hydrogens (primary N) is 1. The summed E-state index contributed by atoms with van der Waals surface area (Å²) >= 11 is 0. The van der Waals surface area contributed by atoms with Crippen molar-refractivity contribution in [1.82, 2.24) is 14.9 Å². The zero-order valence-electron chi connectivity index (χ0n) is 18.2. The smallest absolute Gasteiger partial charge is 0.141 e. The molecule has 0 radical (unpaired) electrons. The highest BCUT2D eigenvalue weighted by Gasteiger charge is 2.22. The van der Waals surface area contributed by atoms with E-state index in [0.717, 1.165) is 78.4 Å². The van der Waals surface area contributed by atoms with Gasteiger partial charge in [0.05, 0.1) is 16.7 Å². The highest BCUT2D eigenvalue weighted by atomic mass is 15.1. The fourth-order valence-corrected chi connectivity index (χ4v) is 4.95. The van der Waals surface area contributed by atoms with Gasteiger partial charge in [0, 0.05) is 43.1 Å². The molecule has 6 nitrogen and oxygen atoms in total. The molecule has 0 amide bonds. The van der Waals surface area contributed by atoms with Crippen molar-refractivity contribution >= 4 is 34.3 Å². The summed E-state index contributed by atoms with van der Waals surface area (Å²) in [5.41, 5.74) is 14.7. The third-order valence-electron chi connectivity index (χ3n) is 6.83. The summed E-state index contributed by atoms with van der Waals surface area (Å²) in [6, 6.07) is 10.8. The molecule has 1 aromatic heterocycles. The van der Waals surface area contributed by atoms with E-state index in [1.807, 2.05) is 6.20 Å². The monoisotopic (exact) mass is 424 g/mol. The average Bonchev–Trinajstić information content (AvgIpc) is 3.48. The Morgan fingerprint density at radius 2 is 2.09 bits per heavy atom. The largest absolute Gasteiger partial charge is 0.390 e. The second-order valence-electron chi connectivity index (χ2n) is 9.27. The number of nitrogens with one attached hydrogen (secondary N) is 2. The number of fused-ring (bicyclic) bond motifs is 1. The van der Waals surface area contributed by atoms with E-state index in [2.05, 4.69) is 45.2 Å². The van der Waals surface area contributed by atoms with E-state index >= 15 is 0 Å². The van der Waals surface area contributed by atoms with Gasteiger partial charge in [-0.3, -0.25) is 0 Å². The fourth-order valence-electron chi connectivity index (χ4n) is 4.95. The maximum atomic E-state index is 7.98. The zero-order valence-corrected chi connectivity index (χ0v) is 18.2. The van der Waals surface area contributed by atoms with Crippen molar-refractivity contribution in [3.63, 3.8) is 0 Å². The van der Waals surface area contributed by atoms with Gasteiger partial charge in [-0.1, -0.05) is 12.1 Å². The van der Waals surface area contributed by atoms with Crippen LogP contribution in [0.4, 0.5) is 5.69 Å². The average molecular weight is 425 g/mol. The molecular weight excluding hydrogens is 396 g/mol. The molecule has 1 fully saturated rings. The van der Waals surface area contributed by atoms with Crippen LogP contribution in [0.1, 0.15) is 42.4 Å². The topological polar surface area (TPSA) is 92.1 Å². The molecule has 32 heavy (non-hydrogen) atoms. The van der Waals surface area contributed by atoms with Gasteiger partial charge in [0.2, 0.25) is 0 Å². The molecule has 1 aliphatic carbocycles. The molecule has 0 atom stereocenters. The van der Waals surface area contributed by atoms with Crippen LogP contribution in [0.3, 0.4) is 0 Å². The summed E-state index contributed by atoms with van der Waals surface area (Å²) in [5, 5.41) is 11.4. The van der Waals surface area contributed by atoms with E-state index in [1.165, 1.54) is 35.7 Å². The molecule has 162 valence electrons. The van der Waals surface area contributed by atoms with Gasteiger partial charge in [-0.05, 0) is 72.9 Å². The molecule has 3 heterocycles. The molecule has 6 heteroatoms. The minimum Gasteiger partial charge on any atom is -0.390 e. The van der Waals surface area contributed by atoms with Crippen LogP contribution >= 0.6 is 0 Å². The number of imidazole rings is 1. The SMILES string of the molecule is N=C/C(=C\NCC1CC1)c1cc2c3c(c1)nc(-c1ccc4c(c1)N=C(N)C4)n3CCCC2. The van der Waals surface area contributed by atoms with Crippen LogP contribution in [0.25, 0.3) is 28.0 Å². The van der Waals surface area contributed by atoms with Crippen molar-refractivity contribution in [3.8, 4) is 11.4 Å². The molecule has 3 aromatic rings. The third kappa shape index (κ3) is 3.40. The van der Waals surface area contributed by atoms with Crippen molar-refractivity contribution < 1.29 is 0 Å². The Labute approximate surface area is 187 Å². The molecule has 0 unspecified atom stereocenters. The van der Waals surface area contributed by atoms with Crippen LogP contribution in [-0.4, -0.2) is 28.1 Å². The number of amidine groups is 1. The summed E-state index contributed by atoms with van der Waals surface area (Å²) < 4.78 is 2.38. The number of nitrogens with zero attached hydrogens (tertiary/aromatic N) is 3. The molecule has 2 aromatic carbocycles. The highest BCUT2D eigenvalue weighted by Crippen LogP contribution is 2.36. The lowest BCUT2D eigenvalue weighted by Crippen LogP contribution is -2.10. The van der Waals surface area contributed by atoms with E-state index in [9.17, 15) is 0 Å². The first-order valence-electron chi connectivity index (χ1n) is 11.6. The molecule has 3 aliphatic rings. The number of aromatic nitrogens is 2. The predicted molar refractivity (Wildman–Crippen MR) is 131 cm³/mol. The van der Waals surface area contributed by atoms with Crippen LogP contribution in [0.2, 0.25) is 0 Å². The fraction of sp³-hybridized carbons (Fsp3) is 0.346. The Morgan fingerprint density at radius 3 is 2.94 bits per heavy atom. The first-order chi connectivity index (χ1) is 15.7. The van der Waals surface area contributed by atoms with Crippen LogP contribution in [0.15, 0.2) is 41.5 Å². The van der Waals surface area contributed by atoms with Gasteiger partial charge in [-0.2, -0.15) is 0 Å². The molecule has 2 aliphatic heterocycles. The van der Waals surface area contributed by atoms with Crippen LogP contribution in [-0.2, 0) is 19.4 Å². The maximum Gasteiger partial charge on any atom is 0.141 e. The van der Waals surface area contributed by atoms with Gasteiger partial charge in [0.25, 0.3) is 0 Å². The maximum absolute atomic E-state index is 7.98.